The molecule has 2 rings (SSSR count). The van der Waals surface area contributed by atoms with Crippen molar-refractivity contribution >= 4 is 11.4 Å². The van der Waals surface area contributed by atoms with Gasteiger partial charge in [0.15, 0.2) is 0 Å². The summed E-state index contributed by atoms with van der Waals surface area (Å²) in [4.78, 5) is 4.20. The summed E-state index contributed by atoms with van der Waals surface area (Å²) in [7, 11) is 3.95. The number of hydrogen-bond donors (Lipinski definition) is 1. The Balaban J connectivity index is 2.08. The van der Waals surface area contributed by atoms with Crippen molar-refractivity contribution in [3.63, 3.8) is 0 Å². The molecule has 1 aliphatic rings. The van der Waals surface area contributed by atoms with Gasteiger partial charge in [0.1, 0.15) is 0 Å². The number of likely N-dealkylation sites (tertiary alicyclic amines) is 1. The lowest BCUT2D eigenvalue weighted by atomic mass is 10.1. The fraction of sp³-hybridized carbons (Fsp3) is 0.571. The maximum atomic E-state index is 12.6. The Labute approximate surface area is 117 Å². The van der Waals surface area contributed by atoms with Gasteiger partial charge in [-0.2, -0.15) is 13.2 Å². The number of rotatable bonds is 3. The number of alkyl halides is 3. The smallest absolute Gasteiger partial charge is 0.397 e. The Hall–Kier alpha value is -1.43. The van der Waals surface area contributed by atoms with Gasteiger partial charge in [0.05, 0.1) is 16.9 Å². The van der Waals surface area contributed by atoms with Crippen LogP contribution >= 0.6 is 0 Å². The second-order valence-electron chi connectivity index (χ2n) is 5.57. The highest BCUT2D eigenvalue weighted by molar-refractivity contribution is 5.68. The van der Waals surface area contributed by atoms with Gasteiger partial charge in [0, 0.05) is 20.1 Å². The fourth-order valence-electron chi connectivity index (χ4n) is 2.74. The molecule has 1 unspecified atom stereocenters. The molecule has 0 saturated carbocycles. The van der Waals surface area contributed by atoms with Crippen LogP contribution in [0.2, 0.25) is 0 Å². The summed E-state index contributed by atoms with van der Waals surface area (Å²) in [6.45, 7) is 2.89. The standard InChI is InChI=1S/C14H20F3N3/c1-19-6-5-10(8-19)9-20(2)13-4-3-11(7-12(13)18)14(15,16)17/h3-4,7,10H,5-6,8-9,18H2,1-2H3. The van der Waals surface area contributed by atoms with Crippen LogP contribution in [0, 0.1) is 5.92 Å². The minimum atomic E-state index is -4.35. The number of benzene rings is 1. The first kappa shape index (κ1) is 15.0. The molecule has 112 valence electrons. The van der Waals surface area contributed by atoms with E-state index in [0.717, 1.165) is 38.2 Å². The summed E-state index contributed by atoms with van der Waals surface area (Å²) >= 11 is 0. The Morgan fingerprint density at radius 3 is 2.60 bits per heavy atom. The zero-order chi connectivity index (χ0) is 14.9. The second-order valence-corrected chi connectivity index (χ2v) is 5.57. The summed E-state index contributed by atoms with van der Waals surface area (Å²) in [5.74, 6) is 0.534. The van der Waals surface area contributed by atoms with Crippen LogP contribution < -0.4 is 10.6 Å². The van der Waals surface area contributed by atoms with E-state index in [2.05, 4.69) is 11.9 Å². The summed E-state index contributed by atoms with van der Waals surface area (Å²) in [6.07, 6.45) is -3.24. The number of nitrogens with zero attached hydrogens (tertiary/aromatic N) is 2. The van der Waals surface area contributed by atoms with Gasteiger partial charge in [-0.05, 0) is 44.1 Å². The average Bonchev–Trinajstić information content (AvgIpc) is 2.73. The van der Waals surface area contributed by atoms with Crippen molar-refractivity contribution in [2.75, 3.05) is 44.4 Å². The molecule has 3 nitrogen and oxygen atoms in total. The van der Waals surface area contributed by atoms with E-state index in [-0.39, 0.29) is 5.69 Å². The molecule has 1 fully saturated rings. The number of halogens is 3. The molecule has 0 amide bonds. The quantitative estimate of drug-likeness (QED) is 0.868. The maximum Gasteiger partial charge on any atom is 0.416 e. The average molecular weight is 287 g/mol. The topological polar surface area (TPSA) is 32.5 Å². The van der Waals surface area contributed by atoms with Gasteiger partial charge in [-0.25, -0.2) is 0 Å². The molecular weight excluding hydrogens is 267 g/mol. The van der Waals surface area contributed by atoms with Crippen molar-refractivity contribution in [3.05, 3.63) is 23.8 Å². The minimum Gasteiger partial charge on any atom is -0.397 e. The van der Waals surface area contributed by atoms with Crippen LogP contribution in [0.3, 0.4) is 0 Å². The molecular formula is C14H20F3N3. The van der Waals surface area contributed by atoms with Crippen LogP contribution in [0.5, 0.6) is 0 Å². The van der Waals surface area contributed by atoms with Crippen LogP contribution in [0.25, 0.3) is 0 Å². The molecule has 1 aliphatic heterocycles. The number of nitrogen functional groups attached to an aromatic ring is 1. The van der Waals surface area contributed by atoms with Crippen LogP contribution in [-0.4, -0.2) is 38.6 Å². The molecule has 0 spiro atoms. The molecule has 0 aromatic heterocycles. The minimum absolute atomic E-state index is 0.175. The van der Waals surface area contributed by atoms with E-state index in [1.807, 2.05) is 11.9 Å². The van der Waals surface area contributed by atoms with Gasteiger partial charge in [-0.15, -0.1) is 0 Å². The highest BCUT2D eigenvalue weighted by Gasteiger charge is 2.31. The first-order chi connectivity index (χ1) is 9.27. The Morgan fingerprint density at radius 1 is 1.40 bits per heavy atom. The van der Waals surface area contributed by atoms with Gasteiger partial charge in [-0.3, -0.25) is 0 Å². The summed E-state index contributed by atoms with van der Waals surface area (Å²) in [5, 5.41) is 0. The number of anilines is 2. The largest absolute Gasteiger partial charge is 0.416 e. The molecule has 2 N–H and O–H groups in total. The molecule has 1 heterocycles. The molecule has 0 radical (unpaired) electrons. The van der Waals surface area contributed by atoms with Gasteiger partial charge < -0.3 is 15.5 Å². The third-order valence-corrected chi connectivity index (χ3v) is 3.79. The zero-order valence-electron chi connectivity index (χ0n) is 11.7. The number of hydrogen-bond acceptors (Lipinski definition) is 3. The van der Waals surface area contributed by atoms with Crippen LogP contribution in [0.4, 0.5) is 24.5 Å². The SMILES string of the molecule is CN1CCC(CN(C)c2ccc(C(F)(F)F)cc2N)C1. The lowest BCUT2D eigenvalue weighted by Crippen LogP contribution is -2.27. The number of nitrogens with two attached hydrogens (primary N) is 1. The van der Waals surface area contributed by atoms with Crippen LogP contribution in [-0.2, 0) is 6.18 Å². The second kappa shape index (κ2) is 5.52. The fourth-order valence-corrected chi connectivity index (χ4v) is 2.74. The van der Waals surface area contributed by atoms with Crippen molar-refractivity contribution in [2.45, 2.75) is 12.6 Å². The van der Waals surface area contributed by atoms with Gasteiger partial charge in [-0.1, -0.05) is 0 Å². The van der Waals surface area contributed by atoms with E-state index in [0.29, 0.717) is 11.6 Å². The molecule has 1 saturated heterocycles. The molecule has 0 bridgehead atoms. The highest BCUT2D eigenvalue weighted by atomic mass is 19.4. The van der Waals surface area contributed by atoms with Gasteiger partial charge in [0.25, 0.3) is 0 Å². The first-order valence-electron chi connectivity index (χ1n) is 6.64. The first-order valence-corrected chi connectivity index (χ1v) is 6.64. The van der Waals surface area contributed by atoms with Crippen LogP contribution in [0.1, 0.15) is 12.0 Å². The summed E-state index contributed by atoms with van der Waals surface area (Å²) < 4.78 is 37.8. The van der Waals surface area contributed by atoms with E-state index in [4.69, 9.17) is 5.73 Å². The van der Waals surface area contributed by atoms with Crippen molar-refractivity contribution in [1.29, 1.82) is 0 Å². The van der Waals surface area contributed by atoms with E-state index in [1.165, 1.54) is 6.07 Å². The van der Waals surface area contributed by atoms with Gasteiger partial charge >= 0.3 is 6.18 Å². The predicted molar refractivity (Wildman–Crippen MR) is 74.7 cm³/mol. The highest BCUT2D eigenvalue weighted by Crippen LogP contribution is 2.34. The maximum absolute atomic E-state index is 12.6. The van der Waals surface area contributed by atoms with E-state index >= 15 is 0 Å². The third-order valence-electron chi connectivity index (χ3n) is 3.79. The van der Waals surface area contributed by atoms with Crippen molar-refractivity contribution < 1.29 is 13.2 Å². The molecule has 1 aromatic carbocycles. The van der Waals surface area contributed by atoms with Crippen molar-refractivity contribution in [1.82, 2.24) is 4.90 Å². The molecule has 6 heteroatoms. The normalized spacial score (nSPS) is 20.4. The lowest BCUT2D eigenvalue weighted by molar-refractivity contribution is -0.137. The summed E-state index contributed by atoms with van der Waals surface area (Å²) in [5.41, 5.74) is 5.90. The zero-order valence-corrected chi connectivity index (χ0v) is 11.7. The van der Waals surface area contributed by atoms with Crippen molar-refractivity contribution in [2.24, 2.45) is 5.92 Å². The predicted octanol–water partition coefficient (Wildman–Crippen LogP) is 2.68. The molecule has 1 atom stereocenters. The Kier molecular flexibility index (Phi) is 4.13. The monoisotopic (exact) mass is 287 g/mol. The summed E-state index contributed by atoms with van der Waals surface area (Å²) in [6, 6.07) is 3.55. The molecule has 1 aromatic rings. The third kappa shape index (κ3) is 3.36. The van der Waals surface area contributed by atoms with E-state index in [9.17, 15) is 13.2 Å². The van der Waals surface area contributed by atoms with E-state index in [1.54, 1.807) is 0 Å². The molecule has 20 heavy (non-hydrogen) atoms. The van der Waals surface area contributed by atoms with E-state index < -0.39 is 11.7 Å². The Morgan fingerprint density at radius 2 is 2.10 bits per heavy atom. The lowest BCUT2D eigenvalue weighted by Gasteiger charge is -2.25. The van der Waals surface area contributed by atoms with Gasteiger partial charge in [0.2, 0.25) is 0 Å². The van der Waals surface area contributed by atoms with Crippen LogP contribution in [0.15, 0.2) is 18.2 Å². The molecule has 0 aliphatic carbocycles. The van der Waals surface area contributed by atoms with Crippen molar-refractivity contribution in [3.8, 4) is 0 Å². The Bertz CT molecular complexity index is 473.